The second kappa shape index (κ2) is 8.12. The van der Waals surface area contributed by atoms with Gasteiger partial charge in [-0.25, -0.2) is 4.79 Å². The number of methoxy groups -OCH3 is 1. The predicted octanol–water partition coefficient (Wildman–Crippen LogP) is 1.25. The Morgan fingerprint density at radius 2 is 2.22 bits per heavy atom. The summed E-state index contributed by atoms with van der Waals surface area (Å²) < 4.78 is 10.5. The molecule has 23 heavy (non-hydrogen) atoms. The maximum atomic E-state index is 11.8. The first-order valence-corrected chi connectivity index (χ1v) is 7.97. The summed E-state index contributed by atoms with van der Waals surface area (Å²) >= 11 is 5.50. The van der Waals surface area contributed by atoms with E-state index in [0.29, 0.717) is 17.4 Å². The van der Waals surface area contributed by atoms with Gasteiger partial charge >= 0.3 is 5.97 Å². The smallest absolute Gasteiger partial charge is 0.348 e. The van der Waals surface area contributed by atoms with Crippen LogP contribution in [0.15, 0.2) is 24.3 Å². The molecular weight excluding hydrogens is 314 g/mol. The molecule has 0 amide bonds. The lowest BCUT2D eigenvalue weighted by Gasteiger charge is -2.35. The van der Waals surface area contributed by atoms with Crippen LogP contribution in [-0.2, 0) is 9.53 Å². The molecule has 1 aliphatic heterocycles. The van der Waals surface area contributed by atoms with Crippen LogP contribution >= 0.6 is 12.2 Å². The molecule has 0 radical (unpaired) electrons. The summed E-state index contributed by atoms with van der Waals surface area (Å²) in [7, 11) is 5.43. The Labute approximate surface area is 142 Å². The summed E-state index contributed by atoms with van der Waals surface area (Å²) in [6.45, 7) is 2.10. The highest BCUT2D eigenvalue weighted by Gasteiger charge is 2.32. The van der Waals surface area contributed by atoms with Gasteiger partial charge in [0.15, 0.2) is 5.11 Å². The van der Waals surface area contributed by atoms with Crippen LogP contribution in [0.2, 0.25) is 0 Å². The molecule has 0 aliphatic carbocycles. The average molecular weight is 337 g/mol. The van der Waals surface area contributed by atoms with Crippen molar-refractivity contribution < 1.29 is 14.3 Å². The number of esters is 1. The minimum atomic E-state index is -0.684. The molecule has 0 aromatic heterocycles. The lowest BCUT2D eigenvalue weighted by atomic mass is 10.2. The number of carbonyl (C=O) groups is 1. The molecular formula is C16H23N3O3S. The highest BCUT2D eigenvalue weighted by Crippen LogP contribution is 2.33. The molecule has 0 fully saturated rings. The number of thiocarbonyl (C=S) groups is 1. The van der Waals surface area contributed by atoms with Gasteiger partial charge in [0, 0.05) is 6.54 Å². The zero-order chi connectivity index (χ0) is 16.8. The van der Waals surface area contributed by atoms with E-state index >= 15 is 0 Å². The monoisotopic (exact) mass is 337 g/mol. The van der Waals surface area contributed by atoms with Crippen molar-refractivity contribution in [3.05, 3.63) is 24.3 Å². The van der Waals surface area contributed by atoms with E-state index in [4.69, 9.17) is 21.7 Å². The number of ether oxygens (including phenoxy) is 2. The van der Waals surface area contributed by atoms with E-state index in [1.54, 1.807) is 0 Å². The van der Waals surface area contributed by atoms with Gasteiger partial charge < -0.3 is 24.6 Å². The van der Waals surface area contributed by atoms with Crippen LogP contribution in [0.1, 0.15) is 6.42 Å². The Hall–Kier alpha value is -1.86. The first kappa shape index (κ1) is 17.5. The second-order valence-electron chi connectivity index (χ2n) is 5.60. The van der Waals surface area contributed by atoms with Crippen molar-refractivity contribution in [3.8, 4) is 5.75 Å². The van der Waals surface area contributed by atoms with E-state index in [0.717, 1.165) is 25.2 Å². The number of fused-ring (bicyclic) bond motifs is 1. The minimum Gasteiger partial charge on any atom is -0.475 e. The quantitative estimate of drug-likeness (QED) is 0.493. The number of anilines is 1. The molecule has 0 saturated carbocycles. The van der Waals surface area contributed by atoms with Gasteiger partial charge in [-0.15, -0.1) is 0 Å². The number of hydrogen-bond donors (Lipinski definition) is 1. The SMILES string of the molecule is COC(=O)[C@H]1CN(C(=S)NCCCN(C)C)c2ccccc2O1. The van der Waals surface area contributed by atoms with Crippen LogP contribution in [0.5, 0.6) is 5.75 Å². The minimum absolute atomic E-state index is 0.337. The van der Waals surface area contributed by atoms with E-state index < -0.39 is 12.1 Å². The summed E-state index contributed by atoms with van der Waals surface area (Å²) in [4.78, 5) is 15.9. The molecule has 0 spiro atoms. The second-order valence-corrected chi connectivity index (χ2v) is 5.98. The highest BCUT2D eigenvalue weighted by molar-refractivity contribution is 7.80. The maximum Gasteiger partial charge on any atom is 0.348 e. The molecule has 126 valence electrons. The number of benzene rings is 1. The zero-order valence-corrected chi connectivity index (χ0v) is 14.6. The number of hydrogen-bond acceptors (Lipinski definition) is 5. The fourth-order valence-electron chi connectivity index (χ4n) is 2.37. The summed E-state index contributed by atoms with van der Waals surface area (Å²) in [5.74, 6) is 0.228. The molecule has 1 heterocycles. The number of nitrogens with zero attached hydrogens (tertiary/aromatic N) is 2. The molecule has 1 aliphatic rings. The van der Waals surface area contributed by atoms with Crippen LogP contribution in [0.4, 0.5) is 5.69 Å². The maximum absolute atomic E-state index is 11.8. The molecule has 2 rings (SSSR count). The standard InChI is InChI=1S/C16H23N3O3S/c1-18(2)10-6-9-17-16(23)19-11-14(15(20)21-3)22-13-8-5-4-7-12(13)19/h4-5,7-8,14H,6,9-11H2,1-3H3,(H,17,23)/t14-/m1/s1. The van der Waals surface area contributed by atoms with Crippen molar-refractivity contribution in [2.45, 2.75) is 12.5 Å². The van der Waals surface area contributed by atoms with E-state index in [2.05, 4.69) is 10.2 Å². The largest absolute Gasteiger partial charge is 0.475 e. The predicted molar refractivity (Wildman–Crippen MR) is 94.0 cm³/mol. The van der Waals surface area contributed by atoms with Crippen LogP contribution in [0.3, 0.4) is 0 Å². The molecule has 0 unspecified atom stereocenters. The summed E-state index contributed by atoms with van der Waals surface area (Å²) in [6, 6.07) is 7.54. The summed E-state index contributed by atoms with van der Waals surface area (Å²) in [5, 5.41) is 3.84. The third-order valence-electron chi connectivity index (χ3n) is 3.54. The molecule has 1 aromatic rings. The lowest BCUT2D eigenvalue weighted by molar-refractivity contribution is -0.148. The van der Waals surface area contributed by atoms with Crippen molar-refractivity contribution in [2.75, 3.05) is 45.7 Å². The third-order valence-corrected chi connectivity index (χ3v) is 3.91. The van der Waals surface area contributed by atoms with Crippen molar-refractivity contribution in [1.29, 1.82) is 0 Å². The Morgan fingerprint density at radius 3 is 2.91 bits per heavy atom. The van der Waals surface area contributed by atoms with Gasteiger partial charge in [0.25, 0.3) is 0 Å². The first-order chi connectivity index (χ1) is 11.0. The molecule has 0 bridgehead atoms. The number of rotatable bonds is 5. The Bertz CT molecular complexity index is 565. The van der Waals surface area contributed by atoms with Crippen LogP contribution in [0.25, 0.3) is 0 Å². The highest BCUT2D eigenvalue weighted by atomic mass is 32.1. The van der Waals surface area contributed by atoms with Gasteiger partial charge in [-0.2, -0.15) is 0 Å². The molecule has 0 saturated heterocycles. The molecule has 1 N–H and O–H groups in total. The fourth-order valence-corrected chi connectivity index (χ4v) is 2.64. The molecule has 7 heteroatoms. The van der Waals surface area contributed by atoms with E-state index in [9.17, 15) is 4.79 Å². The van der Waals surface area contributed by atoms with E-state index in [1.807, 2.05) is 43.3 Å². The molecule has 1 aromatic carbocycles. The van der Waals surface area contributed by atoms with Crippen LogP contribution in [0, 0.1) is 0 Å². The average Bonchev–Trinajstić information content (AvgIpc) is 2.56. The van der Waals surface area contributed by atoms with Crippen molar-refractivity contribution >= 4 is 29.0 Å². The van der Waals surface area contributed by atoms with E-state index in [1.165, 1.54) is 7.11 Å². The zero-order valence-electron chi connectivity index (χ0n) is 13.7. The van der Waals surface area contributed by atoms with Crippen LogP contribution in [-0.4, -0.2) is 62.9 Å². The number of carbonyl (C=O) groups excluding carboxylic acids is 1. The number of nitrogens with one attached hydrogen (secondary N) is 1. The van der Waals surface area contributed by atoms with Gasteiger partial charge in [-0.05, 0) is 51.4 Å². The van der Waals surface area contributed by atoms with Gasteiger partial charge in [-0.1, -0.05) is 12.1 Å². The molecule has 1 atom stereocenters. The van der Waals surface area contributed by atoms with Gasteiger partial charge in [-0.3, -0.25) is 0 Å². The Kier molecular flexibility index (Phi) is 6.18. The van der Waals surface area contributed by atoms with Crippen molar-refractivity contribution in [1.82, 2.24) is 10.2 Å². The van der Waals surface area contributed by atoms with Gasteiger partial charge in [0.1, 0.15) is 5.75 Å². The van der Waals surface area contributed by atoms with Crippen molar-refractivity contribution in [2.24, 2.45) is 0 Å². The van der Waals surface area contributed by atoms with Gasteiger partial charge in [0.05, 0.1) is 19.3 Å². The Morgan fingerprint density at radius 1 is 1.48 bits per heavy atom. The first-order valence-electron chi connectivity index (χ1n) is 7.56. The third kappa shape index (κ3) is 4.56. The van der Waals surface area contributed by atoms with E-state index in [-0.39, 0.29) is 0 Å². The summed E-state index contributed by atoms with van der Waals surface area (Å²) in [6.07, 6.45) is 0.302. The fraction of sp³-hybridized carbons (Fsp3) is 0.500. The normalized spacial score (nSPS) is 16.5. The number of para-hydroxylation sites is 2. The molecule has 6 nitrogen and oxygen atoms in total. The van der Waals surface area contributed by atoms with Gasteiger partial charge in [0.2, 0.25) is 6.10 Å². The Balaban J connectivity index is 2.06. The summed E-state index contributed by atoms with van der Waals surface area (Å²) in [5.41, 5.74) is 0.859. The lowest BCUT2D eigenvalue weighted by Crippen LogP contribution is -2.50. The topological polar surface area (TPSA) is 54.0 Å². The van der Waals surface area contributed by atoms with Crippen LogP contribution < -0.4 is 15.0 Å². The van der Waals surface area contributed by atoms with Crippen molar-refractivity contribution in [3.63, 3.8) is 0 Å².